The summed E-state index contributed by atoms with van der Waals surface area (Å²) >= 11 is 3.27. The zero-order valence-electron chi connectivity index (χ0n) is 9.84. The first kappa shape index (κ1) is 14.0. The Kier molecular flexibility index (Phi) is 4.42. The van der Waals surface area contributed by atoms with Gasteiger partial charge < -0.3 is 5.11 Å². The lowest BCUT2D eigenvalue weighted by Gasteiger charge is -2.26. The van der Waals surface area contributed by atoms with Crippen molar-refractivity contribution in [3.63, 3.8) is 0 Å². The summed E-state index contributed by atoms with van der Waals surface area (Å²) in [6.07, 6.45) is 2.50. The molecule has 18 heavy (non-hydrogen) atoms. The highest BCUT2D eigenvalue weighted by molar-refractivity contribution is 9.10. The van der Waals surface area contributed by atoms with Crippen LogP contribution in [0.25, 0.3) is 0 Å². The summed E-state index contributed by atoms with van der Waals surface area (Å²) < 4.78 is 27.7. The molecule has 1 saturated carbocycles. The van der Waals surface area contributed by atoms with Gasteiger partial charge in [-0.15, -0.1) is 0 Å². The molecule has 6 heteroatoms. The molecule has 1 aliphatic rings. The van der Waals surface area contributed by atoms with Gasteiger partial charge in [-0.05, 0) is 49.9 Å². The quantitative estimate of drug-likeness (QED) is 0.889. The van der Waals surface area contributed by atoms with Crippen LogP contribution in [-0.4, -0.2) is 25.7 Å². The van der Waals surface area contributed by atoms with Crippen LogP contribution in [0, 0.1) is 0 Å². The Hall–Kier alpha value is -0.430. The summed E-state index contributed by atoms with van der Waals surface area (Å²) in [6, 6.07) is 6.36. The molecule has 2 unspecified atom stereocenters. The zero-order chi connectivity index (χ0) is 13.2. The number of nitrogens with one attached hydrogen (secondary N) is 1. The Morgan fingerprint density at radius 2 is 1.89 bits per heavy atom. The van der Waals surface area contributed by atoms with E-state index in [2.05, 4.69) is 20.7 Å². The topological polar surface area (TPSA) is 66.4 Å². The Balaban J connectivity index is 2.09. The van der Waals surface area contributed by atoms with E-state index in [4.69, 9.17) is 0 Å². The molecule has 0 aromatic heterocycles. The lowest BCUT2D eigenvalue weighted by atomic mass is 9.94. The Bertz CT molecular complexity index is 501. The van der Waals surface area contributed by atoms with E-state index >= 15 is 0 Å². The predicted octanol–water partition coefficient (Wildman–Crippen LogP) is 2.03. The molecule has 1 aromatic carbocycles. The zero-order valence-corrected chi connectivity index (χ0v) is 12.2. The highest BCUT2D eigenvalue weighted by Gasteiger charge is 2.25. The maximum Gasteiger partial charge on any atom is 0.240 e. The lowest BCUT2D eigenvalue weighted by molar-refractivity contribution is 0.117. The van der Waals surface area contributed by atoms with Crippen LogP contribution in [0.5, 0.6) is 0 Å². The van der Waals surface area contributed by atoms with Crippen LogP contribution in [-0.2, 0) is 10.0 Å². The number of aliphatic hydroxyl groups excluding tert-OH is 1. The van der Waals surface area contributed by atoms with E-state index in [-0.39, 0.29) is 10.9 Å². The molecule has 1 fully saturated rings. The highest BCUT2D eigenvalue weighted by atomic mass is 79.9. The van der Waals surface area contributed by atoms with Crippen LogP contribution >= 0.6 is 15.9 Å². The van der Waals surface area contributed by atoms with Gasteiger partial charge in [0.1, 0.15) is 0 Å². The third kappa shape index (κ3) is 3.54. The minimum Gasteiger partial charge on any atom is -0.393 e. The molecule has 100 valence electrons. The molecule has 0 spiro atoms. The molecule has 1 aliphatic carbocycles. The summed E-state index contributed by atoms with van der Waals surface area (Å²) in [6.45, 7) is 0. The summed E-state index contributed by atoms with van der Waals surface area (Å²) in [4.78, 5) is 0.255. The second-order valence-corrected chi connectivity index (χ2v) is 7.22. The number of hydrogen-bond donors (Lipinski definition) is 2. The van der Waals surface area contributed by atoms with Gasteiger partial charge in [-0.3, -0.25) is 0 Å². The molecule has 4 nitrogen and oxygen atoms in total. The summed E-state index contributed by atoms with van der Waals surface area (Å²) in [5, 5.41) is 9.54. The SMILES string of the molecule is O=S(=O)(NC1CCCC(O)C1)c1ccc(Br)cc1. The van der Waals surface area contributed by atoms with Gasteiger partial charge in [-0.1, -0.05) is 15.9 Å². The Morgan fingerprint density at radius 3 is 2.50 bits per heavy atom. The van der Waals surface area contributed by atoms with Crippen LogP contribution in [0.3, 0.4) is 0 Å². The number of halogens is 1. The Morgan fingerprint density at radius 1 is 1.22 bits per heavy atom. The normalized spacial score (nSPS) is 25.0. The molecule has 0 radical (unpaired) electrons. The molecular weight excluding hydrogens is 318 g/mol. The molecule has 0 amide bonds. The maximum atomic E-state index is 12.1. The van der Waals surface area contributed by atoms with E-state index in [1.807, 2.05) is 0 Å². The molecule has 1 aromatic rings. The van der Waals surface area contributed by atoms with Gasteiger partial charge in [0.2, 0.25) is 10.0 Å². The van der Waals surface area contributed by atoms with E-state index in [0.29, 0.717) is 6.42 Å². The van der Waals surface area contributed by atoms with Gasteiger partial charge in [-0.25, -0.2) is 13.1 Å². The lowest BCUT2D eigenvalue weighted by Crippen LogP contribution is -2.39. The van der Waals surface area contributed by atoms with Crippen molar-refractivity contribution in [1.29, 1.82) is 0 Å². The first-order chi connectivity index (χ1) is 8.47. The standard InChI is InChI=1S/C12H16BrNO3S/c13-9-4-6-12(7-5-9)18(16,17)14-10-2-1-3-11(15)8-10/h4-7,10-11,14-15H,1-3,8H2. The maximum absolute atomic E-state index is 12.1. The number of benzene rings is 1. The molecule has 0 aliphatic heterocycles. The van der Waals surface area contributed by atoms with Crippen LogP contribution in [0.2, 0.25) is 0 Å². The van der Waals surface area contributed by atoms with Gasteiger partial charge in [0.15, 0.2) is 0 Å². The van der Waals surface area contributed by atoms with E-state index in [9.17, 15) is 13.5 Å². The number of hydrogen-bond acceptors (Lipinski definition) is 3. The van der Waals surface area contributed by atoms with E-state index in [0.717, 1.165) is 23.7 Å². The second-order valence-electron chi connectivity index (χ2n) is 4.59. The second kappa shape index (κ2) is 5.69. The largest absolute Gasteiger partial charge is 0.393 e. The van der Waals surface area contributed by atoms with Crippen molar-refractivity contribution in [2.75, 3.05) is 0 Å². The van der Waals surface area contributed by atoms with Crippen molar-refractivity contribution < 1.29 is 13.5 Å². The molecule has 0 saturated heterocycles. The summed E-state index contributed by atoms with van der Waals surface area (Å²) in [5.41, 5.74) is 0. The minimum atomic E-state index is -3.48. The van der Waals surface area contributed by atoms with E-state index < -0.39 is 16.1 Å². The number of sulfonamides is 1. The minimum absolute atomic E-state index is 0.164. The van der Waals surface area contributed by atoms with Crippen molar-refractivity contribution >= 4 is 26.0 Å². The van der Waals surface area contributed by atoms with Crippen LogP contribution < -0.4 is 4.72 Å². The van der Waals surface area contributed by atoms with Crippen molar-refractivity contribution in [2.45, 2.75) is 42.7 Å². The predicted molar refractivity (Wildman–Crippen MR) is 72.7 cm³/mol. The van der Waals surface area contributed by atoms with Gasteiger partial charge in [-0.2, -0.15) is 0 Å². The monoisotopic (exact) mass is 333 g/mol. The van der Waals surface area contributed by atoms with Gasteiger partial charge >= 0.3 is 0 Å². The van der Waals surface area contributed by atoms with Crippen molar-refractivity contribution in [3.05, 3.63) is 28.7 Å². The first-order valence-electron chi connectivity index (χ1n) is 5.93. The smallest absolute Gasteiger partial charge is 0.240 e. The van der Waals surface area contributed by atoms with Crippen LogP contribution in [0.4, 0.5) is 0 Å². The summed E-state index contributed by atoms with van der Waals surface area (Å²) in [5.74, 6) is 0. The summed E-state index contributed by atoms with van der Waals surface area (Å²) in [7, 11) is -3.48. The average molecular weight is 334 g/mol. The molecule has 0 heterocycles. The Labute approximate surface area is 116 Å². The number of aliphatic hydroxyl groups is 1. The molecule has 2 atom stereocenters. The fourth-order valence-electron chi connectivity index (χ4n) is 2.17. The fourth-order valence-corrected chi connectivity index (χ4v) is 3.72. The van der Waals surface area contributed by atoms with Crippen molar-refractivity contribution in [1.82, 2.24) is 4.72 Å². The first-order valence-corrected chi connectivity index (χ1v) is 8.21. The van der Waals surface area contributed by atoms with E-state index in [1.54, 1.807) is 24.3 Å². The van der Waals surface area contributed by atoms with Crippen molar-refractivity contribution in [2.24, 2.45) is 0 Å². The van der Waals surface area contributed by atoms with Crippen molar-refractivity contribution in [3.8, 4) is 0 Å². The van der Waals surface area contributed by atoms with Crippen LogP contribution in [0.15, 0.2) is 33.6 Å². The van der Waals surface area contributed by atoms with Crippen LogP contribution in [0.1, 0.15) is 25.7 Å². The molecular formula is C12H16BrNO3S. The van der Waals surface area contributed by atoms with Gasteiger partial charge in [0.25, 0.3) is 0 Å². The van der Waals surface area contributed by atoms with Gasteiger partial charge in [0, 0.05) is 10.5 Å². The number of rotatable bonds is 3. The molecule has 0 bridgehead atoms. The third-order valence-electron chi connectivity index (χ3n) is 3.09. The molecule has 2 rings (SSSR count). The molecule has 2 N–H and O–H groups in total. The average Bonchev–Trinajstić information content (AvgIpc) is 2.29. The fraction of sp³-hybridized carbons (Fsp3) is 0.500. The highest BCUT2D eigenvalue weighted by Crippen LogP contribution is 2.21. The van der Waals surface area contributed by atoms with Gasteiger partial charge in [0.05, 0.1) is 11.0 Å². The third-order valence-corrected chi connectivity index (χ3v) is 5.16. The van der Waals surface area contributed by atoms with E-state index in [1.165, 1.54) is 0 Å².